The van der Waals surface area contributed by atoms with Crippen LogP contribution in [0.15, 0.2) is 11.5 Å². The van der Waals surface area contributed by atoms with E-state index in [1.807, 2.05) is 6.92 Å². The van der Waals surface area contributed by atoms with Gasteiger partial charge >= 0.3 is 0 Å². The fraction of sp³-hybridized carbons (Fsp3) is 0.400. The van der Waals surface area contributed by atoms with E-state index in [0.717, 1.165) is 6.42 Å². The van der Waals surface area contributed by atoms with Crippen LogP contribution in [0.4, 0.5) is 0 Å². The first kappa shape index (κ1) is 6.76. The molecule has 0 atom stereocenters. The minimum atomic E-state index is 0.620. The molecule has 0 saturated heterocycles. The highest BCUT2D eigenvalue weighted by Crippen LogP contribution is 1.84. The standard InChI is InChI=1S/C5H9NS/c1-2-5(6)3-4-7/h3-4,6-7H,2H2,1H3/b4-3-,6-5?. The molecular formula is C5H9NS. The van der Waals surface area contributed by atoms with Crippen LogP contribution < -0.4 is 0 Å². The first-order chi connectivity index (χ1) is 3.31. The zero-order valence-electron chi connectivity index (χ0n) is 4.31. The second-order valence-electron chi connectivity index (χ2n) is 1.19. The Bertz CT molecular complexity index is 86.1. The lowest BCUT2D eigenvalue weighted by molar-refractivity contribution is 1.26. The summed E-state index contributed by atoms with van der Waals surface area (Å²) in [5.74, 6) is 0. The fourth-order valence-electron chi connectivity index (χ4n) is 0.208. The SMILES string of the molecule is CCC(=N)/C=C\S. The van der Waals surface area contributed by atoms with Crippen LogP contribution >= 0.6 is 12.6 Å². The van der Waals surface area contributed by atoms with Crippen LogP contribution in [0.3, 0.4) is 0 Å². The zero-order chi connectivity index (χ0) is 5.70. The van der Waals surface area contributed by atoms with Crippen molar-refractivity contribution in [3.05, 3.63) is 11.5 Å². The van der Waals surface area contributed by atoms with Crippen LogP contribution in [-0.2, 0) is 0 Å². The average molecular weight is 115 g/mol. The van der Waals surface area contributed by atoms with E-state index in [2.05, 4.69) is 12.6 Å². The van der Waals surface area contributed by atoms with Crippen molar-refractivity contribution in [2.24, 2.45) is 0 Å². The molecule has 0 saturated carbocycles. The van der Waals surface area contributed by atoms with Crippen LogP contribution in [0.1, 0.15) is 13.3 Å². The molecule has 1 N–H and O–H groups in total. The molecule has 0 aromatic rings. The third-order valence-corrected chi connectivity index (χ3v) is 0.806. The zero-order valence-corrected chi connectivity index (χ0v) is 5.20. The van der Waals surface area contributed by atoms with Crippen molar-refractivity contribution >= 4 is 18.3 Å². The molecule has 0 aliphatic carbocycles. The maximum Gasteiger partial charge on any atom is 0.0316 e. The Labute approximate surface area is 49.3 Å². The van der Waals surface area contributed by atoms with E-state index in [1.165, 1.54) is 0 Å². The second-order valence-corrected chi connectivity index (χ2v) is 1.49. The maximum absolute atomic E-state index is 7.00. The van der Waals surface area contributed by atoms with Crippen LogP contribution in [0.5, 0.6) is 0 Å². The van der Waals surface area contributed by atoms with Crippen LogP contribution in [0.25, 0.3) is 0 Å². The topological polar surface area (TPSA) is 23.9 Å². The number of hydrogen-bond acceptors (Lipinski definition) is 2. The molecule has 0 spiro atoms. The van der Waals surface area contributed by atoms with Crippen molar-refractivity contribution in [1.82, 2.24) is 0 Å². The third kappa shape index (κ3) is 3.59. The molecule has 0 aliphatic rings. The van der Waals surface area contributed by atoms with E-state index in [1.54, 1.807) is 11.5 Å². The van der Waals surface area contributed by atoms with E-state index in [0.29, 0.717) is 5.71 Å². The highest BCUT2D eigenvalue weighted by molar-refractivity contribution is 7.83. The van der Waals surface area contributed by atoms with Gasteiger partial charge in [0.25, 0.3) is 0 Å². The molecule has 0 aromatic carbocycles. The molecule has 40 valence electrons. The molecule has 0 rings (SSSR count). The van der Waals surface area contributed by atoms with Gasteiger partial charge in [-0.2, -0.15) is 12.6 Å². The highest BCUT2D eigenvalue weighted by atomic mass is 32.1. The lowest BCUT2D eigenvalue weighted by Gasteiger charge is -1.83. The molecule has 0 fully saturated rings. The Hall–Kier alpha value is -0.240. The second kappa shape index (κ2) is 3.93. The van der Waals surface area contributed by atoms with Crippen LogP contribution in [0.2, 0.25) is 0 Å². The average Bonchev–Trinajstić information content (AvgIpc) is 1.68. The van der Waals surface area contributed by atoms with Crippen molar-refractivity contribution in [3.8, 4) is 0 Å². The van der Waals surface area contributed by atoms with Crippen LogP contribution in [0, 0.1) is 5.41 Å². The summed E-state index contributed by atoms with van der Waals surface area (Å²) in [5.41, 5.74) is 0.620. The predicted molar refractivity (Wildman–Crippen MR) is 36.1 cm³/mol. The summed E-state index contributed by atoms with van der Waals surface area (Å²) in [5, 5.41) is 8.58. The van der Waals surface area contributed by atoms with E-state index in [9.17, 15) is 0 Å². The molecular weight excluding hydrogens is 106 g/mol. The minimum Gasteiger partial charge on any atom is -0.305 e. The number of nitrogens with one attached hydrogen (secondary N) is 1. The Kier molecular flexibility index (Phi) is 3.80. The Balaban J connectivity index is 3.37. The predicted octanol–water partition coefficient (Wildman–Crippen LogP) is 1.86. The molecule has 0 amide bonds. The van der Waals surface area contributed by atoms with Gasteiger partial charge in [0.05, 0.1) is 0 Å². The van der Waals surface area contributed by atoms with Crippen molar-refractivity contribution in [2.75, 3.05) is 0 Å². The van der Waals surface area contributed by atoms with Gasteiger partial charge in [-0.15, -0.1) is 0 Å². The molecule has 2 heteroatoms. The highest BCUT2D eigenvalue weighted by Gasteiger charge is 1.78. The van der Waals surface area contributed by atoms with Gasteiger partial charge in [0.2, 0.25) is 0 Å². The molecule has 7 heavy (non-hydrogen) atoms. The number of hydrogen-bond donors (Lipinski definition) is 2. The molecule has 0 radical (unpaired) electrons. The fourth-order valence-corrected chi connectivity index (χ4v) is 0.388. The van der Waals surface area contributed by atoms with Crippen molar-refractivity contribution < 1.29 is 0 Å². The van der Waals surface area contributed by atoms with Gasteiger partial charge < -0.3 is 5.41 Å². The summed E-state index contributed by atoms with van der Waals surface area (Å²) in [6.07, 6.45) is 2.46. The summed E-state index contributed by atoms with van der Waals surface area (Å²) >= 11 is 3.79. The van der Waals surface area contributed by atoms with Crippen LogP contribution in [-0.4, -0.2) is 5.71 Å². The number of thiol groups is 1. The van der Waals surface area contributed by atoms with E-state index in [4.69, 9.17) is 5.41 Å². The van der Waals surface area contributed by atoms with Crippen molar-refractivity contribution in [1.29, 1.82) is 5.41 Å². The Morgan fingerprint density at radius 2 is 2.43 bits per heavy atom. The van der Waals surface area contributed by atoms with Gasteiger partial charge in [0.15, 0.2) is 0 Å². The molecule has 0 heterocycles. The summed E-state index contributed by atoms with van der Waals surface area (Å²) in [6.45, 7) is 1.94. The molecule has 0 unspecified atom stereocenters. The quantitative estimate of drug-likeness (QED) is 0.405. The number of allylic oxidation sites excluding steroid dienone is 1. The van der Waals surface area contributed by atoms with Gasteiger partial charge in [-0.1, -0.05) is 6.92 Å². The molecule has 0 bridgehead atoms. The van der Waals surface area contributed by atoms with Gasteiger partial charge in [-0.25, -0.2) is 0 Å². The summed E-state index contributed by atoms with van der Waals surface area (Å²) in [4.78, 5) is 0. The monoisotopic (exact) mass is 115 g/mol. The molecule has 0 aromatic heterocycles. The lowest BCUT2D eigenvalue weighted by Crippen LogP contribution is -1.82. The first-order valence-electron chi connectivity index (χ1n) is 2.19. The van der Waals surface area contributed by atoms with Gasteiger partial charge in [0, 0.05) is 5.71 Å². The van der Waals surface area contributed by atoms with Crippen molar-refractivity contribution in [2.45, 2.75) is 13.3 Å². The first-order valence-corrected chi connectivity index (χ1v) is 2.71. The summed E-state index contributed by atoms with van der Waals surface area (Å²) in [7, 11) is 0. The van der Waals surface area contributed by atoms with E-state index >= 15 is 0 Å². The molecule has 1 nitrogen and oxygen atoms in total. The van der Waals surface area contributed by atoms with E-state index in [-0.39, 0.29) is 0 Å². The lowest BCUT2D eigenvalue weighted by atomic mass is 10.3. The van der Waals surface area contributed by atoms with Crippen molar-refractivity contribution in [3.63, 3.8) is 0 Å². The smallest absolute Gasteiger partial charge is 0.0316 e. The van der Waals surface area contributed by atoms with Gasteiger partial charge in [-0.05, 0) is 17.9 Å². The largest absolute Gasteiger partial charge is 0.305 e. The van der Waals surface area contributed by atoms with Gasteiger partial charge in [0.1, 0.15) is 0 Å². The van der Waals surface area contributed by atoms with Gasteiger partial charge in [-0.3, -0.25) is 0 Å². The molecule has 0 aliphatic heterocycles. The Morgan fingerprint density at radius 1 is 1.86 bits per heavy atom. The minimum absolute atomic E-state index is 0.620. The number of rotatable bonds is 2. The summed E-state index contributed by atoms with van der Waals surface area (Å²) in [6, 6.07) is 0. The Morgan fingerprint density at radius 3 is 2.57 bits per heavy atom. The normalized spacial score (nSPS) is 10.0. The maximum atomic E-state index is 7.00. The third-order valence-electron chi connectivity index (χ3n) is 0.657. The van der Waals surface area contributed by atoms with E-state index < -0.39 is 0 Å². The summed E-state index contributed by atoms with van der Waals surface area (Å²) < 4.78 is 0.